The van der Waals surface area contributed by atoms with Gasteiger partial charge in [-0.2, -0.15) is 0 Å². The van der Waals surface area contributed by atoms with E-state index >= 15 is 0 Å². The minimum absolute atomic E-state index is 0.279. The fourth-order valence-corrected chi connectivity index (χ4v) is 2.59. The van der Waals surface area contributed by atoms with Gasteiger partial charge < -0.3 is 19.6 Å². The summed E-state index contributed by atoms with van der Waals surface area (Å²) in [4.78, 5) is 16.0. The summed E-state index contributed by atoms with van der Waals surface area (Å²) in [6.07, 6.45) is -0.279. The first-order valence-corrected chi connectivity index (χ1v) is 8.38. The minimum atomic E-state index is -0.487. The molecule has 0 spiro atoms. The SMILES string of the molecule is COc1ccc(/C(CN2CCN(C(=O)OC(C)(C)C)CC2)=N/O)cc1. The van der Waals surface area contributed by atoms with Crippen molar-refractivity contribution in [2.75, 3.05) is 39.8 Å². The van der Waals surface area contributed by atoms with Gasteiger partial charge in [0.25, 0.3) is 0 Å². The Morgan fingerprint density at radius 2 is 1.76 bits per heavy atom. The summed E-state index contributed by atoms with van der Waals surface area (Å²) in [5, 5.41) is 12.8. The van der Waals surface area contributed by atoms with Crippen LogP contribution in [0.3, 0.4) is 0 Å². The van der Waals surface area contributed by atoms with Gasteiger partial charge in [-0.3, -0.25) is 4.90 Å². The molecule has 1 amide bonds. The number of benzene rings is 1. The first-order valence-electron chi connectivity index (χ1n) is 8.38. The quantitative estimate of drug-likeness (QED) is 0.513. The number of piperazine rings is 1. The fraction of sp³-hybridized carbons (Fsp3) is 0.556. The fourth-order valence-electron chi connectivity index (χ4n) is 2.59. The maximum absolute atomic E-state index is 12.1. The van der Waals surface area contributed by atoms with Crippen LogP contribution in [0.1, 0.15) is 26.3 Å². The highest BCUT2D eigenvalue weighted by molar-refractivity contribution is 6.01. The number of ether oxygens (including phenoxy) is 2. The van der Waals surface area contributed by atoms with Crippen molar-refractivity contribution in [2.45, 2.75) is 26.4 Å². The van der Waals surface area contributed by atoms with Gasteiger partial charge in [0.2, 0.25) is 0 Å². The van der Waals surface area contributed by atoms with E-state index in [9.17, 15) is 10.0 Å². The molecule has 1 aromatic rings. The van der Waals surface area contributed by atoms with Crippen LogP contribution in [0.4, 0.5) is 4.79 Å². The molecule has 7 nitrogen and oxygen atoms in total. The largest absolute Gasteiger partial charge is 0.497 e. The molecule has 1 aliphatic heterocycles. The van der Waals surface area contributed by atoms with Crippen molar-refractivity contribution in [3.63, 3.8) is 0 Å². The lowest BCUT2D eigenvalue weighted by Crippen LogP contribution is -2.51. The molecule has 0 aromatic heterocycles. The van der Waals surface area contributed by atoms with Gasteiger partial charge >= 0.3 is 6.09 Å². The first kappa shape index (κ1) is 19.1. The molecule has 1 saturated heterocycles. The van der Waals surface area contributed by atoms with Gasteiger partial charge in [0.05, 0.1) is 7.11 Å². The van der Waals surface area contributed by atoms with E-state index in [-0.39, 0.29) is 6.09 Å². The molecule has 2 rings (SSSR count). The molecule has 0 bridgehead atoms. The lowest BCUT2D eigenvalue weighted by atomic mass is 10.1. The number of nitrogens with zero attached hydrogens (tertiary/aromatic N) is 3. The number of rotatable bonds is 4. The van der Waals surface area contributed by atoms with Crippen molar-refractivity contribution in [1.29, 1.82) is 0 Å². The van der Waals surface area contributed by atoms with E-state index in [4.69, 9.17) is 9.47 Å². The Morgan fingerprint density at radius 1 is 1.16 bits per heavy atom. The van der Waals surface area contributed by atoms with Gasteiger partial charge in [-0.05, 0) is 45.0 Å². The number of methoxy groups -OCH3 is 1. The Morgan fingerprint density at radius 3 is 2.24 bits per heavy atom. The molecule has 1 aromatic carbocycles. The maximum atomic E-state index is 12.1. The molecule has 0 unspecified atom stereocenters. The molecule has 1 aliphatic rings. The predicted octanol–water partition coefficient (Wildman–Crippen LogP) is 2.43. The molecule has 1 fully saturated rings. The number of oxime groups is 1. The highest BCUT2D eigenvalue weighted by Gasteiger charge is 2.26. The third kappa shape index (κ3) is 5.63. The summed E-state index contributed by atoms with van der Waals surface area (Å²) in [5.41, 5.74) is 0.950. The first-order chi connectivity index (χ1) is 11.8. The van der Waals surface area contributed by atoms with E-state index in [0.29, 0.717) is 38.4 Å². The molecular formula is C18H27N3O4. The van der Waals surface area contributed by atoms with E-state index in [0.717, 1.165) is 11.3 Å². The van der Waals surface area contributed by atoms with Crippen molar-refractivity contribution in [1.82, 2.24) is 9.80 Å². The number of carbonyl (C=O) groups is 1. The average Bonchev–Trinajstić information content (AvgIpc) is 2.59. The highest BCUT2D eigenvalue weighted by Crippen LogP contribution is 2.14. The van der Waals surface area contributed by atoms with Crippen LogP contribution in [0, 0.1) is 0 Å². The van der Waals surface area contributed by atoms with E-state index in [1.54, 1.807) is 12.0 Å². The summed E-state index contributed by atoms with van der Waals surface area (Å²) >= 11 is 0. The zero-order chi connectivity index (χ0) is 18.4. The van der Waals surface area contributed by atoms with Crippen molar-refractivity contribution in [3.8, 4) is 5.75 Å². The molecule has 1 heterocycles. The van der Waals surface area contributed by atoms with Crippen LogP contribution in [0.2, 0.25) is 0 Å². The lowest BCUT2D eigenvalue weighted by molar-refractivity contribution is 0.0156. The highest BCUT2D eigenvalue weighted by atomic mass is 16.6. The van der Waals surface area contributed by atoms with Crippen LogP contribution < -0.4 is 4.74 Å². The molecule has 0 aliphatic carbocycles. The van der Waals surface area contributed by atoms with Gasteiger partial charge in [0, 0.05) is 38.3 Å². The summed E-state index contributed by atoms with van der Waals surface area (Å²) < 4.78 is 10.5. The van der Waals surface area contributed by atoms with Crippen molar-refractivity contribution in [2.24, 2.45) is 5.16 Å². The van der Waals surface area contributed by atoms with Gasteiger partial charge in [-0.25, -0.2) is 4.79 Å². The van der Waals surface area contributed by atoms with E-state index in [1.165, 1.54) is 0 Å². The van der Waals surface area contributed by atoms with Crippen LogP contribution in [0.15, 0.2) is 29.4 Å². The van der Waals surface area contributed by atoms with Crippen LogP contribution >= 0.6 is 0 Å². The van der Waals surface area contributed by atoms with Gasteiger partial charge in [0.15, 0.2) is 0 Å². The predicted molar refractivity (Wildman–Crippen MR) is 95.6 cm³/mol. The Kier molecular flexibility index (Phi) is 6.25. The monoisotopic (exact) mass is 349 g/mol. The van der Waals surface area contributed by atoms with Crippen LogP contribution in [0.25, 0.3) is 0 Å². The third-order valence-electron chi connectivity index (χ3n) is 3.94. The maximum Gasteiger partial charge on any atom is 0.410 e. The van der Waals surface area contributed by atoms with Crippen LogP contribution in [-0.2, 0) is 4.74 Å². The van der Waals surface area contributed by atoms with Crippen LogP contribution in [-0.4, -0.2) is 72.2 Å². The zero-order valence-electron chi connectivity index (χ0n) is 15.4. The summed E-state index contributed by atoms with van der Waals surface area (Å²) in [6, 6.07) is 7.40. The third-order valence-corrected chi connectivity index (χ3v) is 3.94. The summed E-state index contributed by atoms with van der Waals surface area (Å²) in [7, 11) is 1.61. The van der Waals surface area contributed by atoms with Gasteiger partial charge in [-0.1, -0.05) is 5.16 Å². The molecule has 0 radical (unpaired) electrons. The molecule has 138 valence electrons. The molecule has 1 N–H and O–H groups in total. The van der Waals surface area contributed by atoms with E-state index < -0.39 is 5.60 Å². The zero-order valence-corrected chi connectivity index (χ0v) is 15.4. The second kappa shape index (κ2) is 8.20. The standard InChI is InChI=1S/C18H27N3O4/c1-18(2,3)25-17(22)21-11-9-20(10-12-21)13-16(19-23)14-5-7-15(24-4)8-6-14/h5-8,23H,9-13H2,1-4H3/b19-16+. The molecular weight excluding hydrogens is 322 g/mol. The molecule has 0 atom stereocenters. The normalized spacial score (nSPS) is 16.6. The van der Waals surface area contributed by atoms with Crippen LogP contribution in [0.5, 0.6) is 5.75 Å². The van der Waals surface area contributed by atoms with Gasteiger partial charge in [0.1, 0.15) is 17.1 Å². The number of carbonyl (C=O) groups excluding carboxylic acids is 1. The number of amides is 1. The lowest BCUT2D eigenvalue weighted by Gasteiger charge is -2.35. The average molecular weight is 349 g/mol. The second-order valence-corrected chi connectivity index (χ2v) is 7.02. The van der Waals surface area contributed by atoms with Crippen molar-refractivity contribution >= 4 is 11.8 Å². The van der Waals surface area contributed by atoms with Crippen molar-refractivity contribution < 1.29 is 19.5 Å². The molecule has 7 heteroatoms. The summed E-state index contributed by atoms with van der Waals surface area (Å²) in [6.45, 7) is 8.69. The summed E-state index contributed by atoms with van der Waals surface area (Å²) in [5.74, 6) is 0.756. The molecule has 0 saturated carbocycles. The Labute approximate surface area is 148 Å². The Hall–Kier alpha value is -2.28. The number of hydrogen-bond acceptors (Lipinski definition) is 6. The number of hydrogen-bond donors (Lipinski definition) is 1. The Bertz CT molecular complexity index is 600. The molecule has 25 heavy (non-hydrogen) atoms. The van der Waals surface area contributed by atoms with E-state index in [1.807, 2.05) is 45.0 Å². The van der Waals surface area contributed by atoms with Gasteiger partial charge in [-0.15, -0.1) is 0 Å². The Balaban J connectivity index is 1.88. The topological polar surface area (TPSA) is 74.6 Å². The van der Waals surface area contributed by atoms with E-state index in [2.05, 4.69) is 10.1 Å². The van der Waals surface area contributed by atoms with Crippen molar-refractivity contribution in [3.05, 3.63) is 29.8 Å². The second-order valence-electron chi connectivity index (χ2n) is 7.02. The minimum Gasteiger partial charge on any atom is -0.497 e. The smallest absolute Gasteiger partial charge is 0.410 e.